The van der Waals surface area contributed by atoms with Crippen molar-refractivity contribution in [2.24, 2.45) is 0 Å². The van der Waals surface area contributed by atoms with E-state index in [0.29, 0.717) is 0 Å². The molecule has 0 radical (unpaired) electrons. The highest BCUT2D eigenvalue weighted by Crippen LogP contribution is 2.17. The van der Waals surface area contributed by atoms with Crippen molar-refractivity contribution in [3.8, 4) is 5.75 Å². The van der Waals surface area contributed by atoms with E-state index in [1.807, 2.05) is 24.3 Å². The highest BCUT2D eigenvalue weighted by atomic mass is 79.9. The smallest absolute Gasteiger partial charge is 0.122 e. The second-order valence-electron chi connectivity index (χ2n) is 1.57. The Bertz CT molecular complexity index is 185. The second-order valence-corrected chi connectivity index (χ2v) is 2.72. The molecule has 1 atom stereocenters. The average Bonchev–Trinajstić information content (AvgIpc) is 1.90. The maximum Gasteiger partial charge on any atom is 0.122 e. The Labute approximate surface area is 64.8 Å². The average molecular weight is 205 g/mol. The van der Waals surface area contributed by atoms with Gasteiger partial charge in [-0.25, -0.2) is 0 Å². The third-order valence-electron chi connectivity index (χ3n) is 0.950. The van der Waals surface area contributed by atoms with Crippen LogP contribution in [0.3, 0.4) is 0 Å². The molecule has 0 aliphatic rings. The number of hydrogen-bond donors (Lipinski definition) is 0. The highest BCUT2D eigenvalue weighted by Gasteiger charge is 1.87. The maximum atomic E-state index is 4.86. The monoisotopic (exact) mass is 204 g/mol. The SMILES string of the molecule is POc1ccc(Br)cc1. The lowest BCUT2D eigenvalue weighted by molar-refractivity contribution is 0.646. The summed E-state index contributed by atoms with van der Waals surface area (Å²) in [5.74, 6) is 0.850. The lowest BCUT2D eigenvalue weighted by Crippen LogP contribution is -1.70. The molecule has 0 fully saturated rings. The van der Waals surface area contributed by atoms with Gasteiger partial charge < -0.3 is 4.52 Å². The molecular formula is C6H6BrOP. The topological polar surface area (TPSA) is 9.23 Å². The van der Waals surface area contributed by atoms with Crippen molar-refractivity contribution in [3.05, 3.63) is 28.7 Å². The van der Waals surface area contributed by atoms with Crippen LogP contribution in [0.25, 0.3) is 0 Å². The van der Waals surface area contributed by atoms with E-state index in [1.54, 1.807) is 0 Å². The quantitative estimate of drug-likeness (QED) is 0.640. The predicted octanol–water partition coefficient (Wildman–Crippen LogP) is 2.62. The first-order valence-corrected chi connectivity index (χ1v) is 3.71. The van der Waals surface area contributed by atoms with Gasteiger partial charge in [0, 0.05) is 4.47 Å². The van der Waals surface area contributed by atoms with E-state index in [0.717, 1.165) is 10.2 Å². The van der Waals surface area contributed by atoms with Gasteiger partial charge in [0.2, 0.25) is 0 Å². The molecule has 9 heavy (non-hydrogen) atoms. The van der Waals surface area contributed by atoms with Gasteiger partial charge in [-0.2, -0.15) is 0 Å². The fourth-order valence-corrected chi connectivity index (χ4v) is 0.935. The second kappa shape index (κ2) is 3.19. The largest absolute Gasteiger partial charge is 0.480 e. The summed E-state index contributed by atoms with van der Waals surface area (Å²) in [5.41, 5.74) is 0. The highest BCUT2D eigenvalue weighted by molar-refractivity contribution is 9.10. The van der Waals surface area contributed by atoms with E-state index in [-0.39, 0.29) is 0 Å². The zero-order valence-corrected chi connectivity index (χ0v) is 7.41. The van der Waals surface area contributed by atoms with Crippen molar-refractivity contribution in [2.45, 2.75) is 0 Å². The van der Waals surface area contributed by atoms with Gasteiger partial charge >= 0.3 is 0 Å². The summed E-state index contributed by atoms with van der Waals surface area (Å²) < 4.78 is 5.93. The van der Waals surface area contributed by atoms with Crippen LogP contribution in [0.15, 0.2) is 28.7 Å². The molecule has 3 heteroatoms. The van der Waals surface area contributed by atoms with Gasteiger partial charge in [-0.3, -0.25) is 0 Å². The van der Waals surface area contributed by atoms with Crippen molar-refractivity contribution in [1.82, 2.24) is 0 Å². The molecule has 0 aromatic heterocycles. The van der Waals surface area contributed by atoms with Crippen LogP contribution in [0.5, 0.6) is 5.75 Å². The molecule has 0 heterocycles. The maximum absolute atomic E-state index is 4.86. The van der Waals surface area contributed by atoms with Crippen molar-refractivity contribution in [2.75, 3.05) is 0 Å². The van der Waals surface area contributed by atoms with Crippen LogP contribution in [0.4, 0.5) is 0 Å². The van der Waals surface area contributed by atoms with Crippen molar-refractivity contribution in [3.63, 3.8) is 0 Å². The van der Waals surface area contributed by atoms with E-state index in [9.17, 15) is 0 Å². The molecule has 1 aromatic rings. The molecule has 0 aliphatic heterocycles. The van der Waals surface area contributed by atoms with Gasteiger partial charge in [0.05, 0.1) is 9.47 Å². The summed E-state index contributed by atoms with van der Waals surface area (Å²) >= 11 is 3.31. The summed E-state index contributed by atoms with van der Waals surface area (Å²) in [6.07, 6.45) is 0. The fraction of sp³-hybridized carbons (Fsp3) is 0. The lowest BCUT2D eigenvalue weighted by atomic mass is 10.3. The minimum absolute atomic E-state index is 0.850. The summed E-state index contributed by atoms with van der Waals surface area (Å²) in [6.45, 7) is 0. The molecule has 0 amide bonds. The number of halogens is 1. The van der Waals surface area contributed by atoms with E-state index < -0.39 is 0 Å². The summed E-state index contributed by atoms with van der Waals surface area (Å²) in [6, 6.07) is 7.63. The Kier molecular flexibility index (Phi) is 2.49. The summed E-state index contributed by atoms with van der Waals surface area (Å²) in [5, 5.41) is 0. The molecule has 0 aliphatic carbocycles. The normalized spacial score (nSPS) is 9.11. The molecule has 0 spiro atoms. The Morgan fingerprint density at radius 1 is 1.22 bits per heavy atom. The Balaban J connectivity index is 2.88. The Morgan fingerprint density at radius 3 is 2.22 bits per heavy atom. The molecule has 0 bridgehead atoms. The van der Waals surface area contributed by atoms with Gasteiger partial charge in [-0.15, -0.1) is 0 Å². The third-order valence-corrected chi connectivity index (χ3v) is 1.75. The minimum atomic E-state index is 0.850. The van der Waals surface area contributed by atoms with E-state index in [4.69, 9.17) is 4.52 Å². The number of hydrogen-bond acceptors (Lipinski definition) is 1. The summed E-state index contributed by atoms with van der Waals surface area (Å²) in [7, 11) is 2.19. The van der Waals surface area contributed by atoms with Crippen LogP contribution in [-0.4, -0.2) is 0 Å². The molecule has 1 unspecified atom stereocenters. The number of benzene rings is 1. The lowest BCUT2D eigenvalue weighted by Gasteiger charge is -1.95. The van der Waals surface area contributed by atoms with Gasteiger partial charge in [0.1, 0.15) is 5.75 Å². The van der Waals surface area contributed by atoms with Crippen molar-refractivity contribution in [1.29, 1.82) is 0 Å². The van der Waals surface area contributed by atoms with Crippen LogP contribution >= 0.6 is 25.4 Å². The standard InChI is InChI=1S/C6H6BrOP/c7-5-1-3-6(8-9)4-2-5/h1-4H,9H2. The van der Waals surface area contributed by atoms with Crippen LogP contribution in [0, 0.1) is 0 Å². The first kappa shape index (κ1) is 7.04. The zero-order chi connectivity index (χ0) is 6.69. The van der Waals surface area contributed by atoms with Crippen LogP contribution in [0.2, 0.25) is 0 Å². The van der Waals surface area contributed by atoms with Crippen molar-refractivity contribution < 1.29 is 4.52 Å². The molecule has 1 nitrogen and oxygen atoms in total. The van der Waals surface area contributed by atoms with Gasteiger partial charge in [-0.1, -0.05) is 15.9 Å². The first-order chi connectivity index (χ1) is 4.33. The van der Waals surface area contributed by atoms with E-state index in [2.05, 4.69) is 25.4 Å². The molecule has 1 aromatic carbocycles. The minimum Gasteiger partial charge on any atom is -0.480 e. The Morgan fingerprint density at radius 2 is 1.78 bits per heavy atom. The molecule has 0 saturated carbocycles. The Hall–Kier alpha value is -0.0700. The first-order valence-electron chi connectivity index (χ1n) is 2.45. The molecular weight excluding hydrogens is 199 g/mol. The summed E-state index contributed by atoms with van der Waals surface area (Å²) in [4.78, 5) is 0. The van der Waals surface area contributed by atoms with E-state index >= 15 is 0 Å². The van der Waals surface area contributed by atoms with Crippen LogP contribution < -0.4 is 4.52 Å². The van der Waals surface area contributed by atoms with E-state index in [1.165, 1.54) is 0 Å². The van der Waals surface area contributed by atoms with Gasteiger partial charge in [0.15, 0.2) is 0 Å². The molecule has 48 valence electrons. The third kappa shape index (κ3) is 1.96. The predicted molar refractivity (Wildman–Crippen MR) is 44.5 cm³/mol. The van der Waals surface area contributed by atoms with Crippen molar-refractivity contribution >= 4 is 25.4 Å². The van der Waals surface area contributed by atoms with Crippen LogP contribution in [0.1, 0.15) is 0 Å². The molecule has 1 rings (SSSR count). The van der Waals surface area contributed by atoms with Gasteiger partial charge in [0.25, 0.3) is 0 Å². The molecule has 0 N–H and O–H groups in total. The zero-order valence-electron chi connectivity index (χ0n) is 4.67. The number of rotatable bonds is 1. The van der Waals surface area contributed by atoms with Crippen LogP contribution in [-0.2, 0) is 0 Å². The molecule has 0 saturated heterocycles. The van der Waals surface area contributed by atoms with Gasteiger partial charge in [-0.05, 0) is 24.3 Å². The fourth-order valence-electron chi connectivity index (χ4n) is 0.513.